The maximum Gasteiger partial charge on any atom is 0.231 e. The van der Waals surface area contributed by atoms with Crippen LogP contribution in [0.2, 0.25) is 0 Å². The third-order valence-electron chi connectivity index (χ3n) is 2.50. The van der Waals surface area contributed by atoms with E-state index in [-0.39, 0.29) is 37.7 Å². The van der Waals surface area contributed by atoms with Crippen LogP contribution in [0.5, 0.6) is 0 Å². The van der Waals surface area contributed by atoms with Crippen molar-refractivity contribution in [3.63, 3.8) is 0 Å². The first kappa shape index (κ1) is 20.2. The molecule has 0 aliphatic rings. The van der Waals surface area contributed by atoms with Crippen LogP contribution < -0.4 is 16.0 Å². The Morgan fingerprint density at radius 1 is 0.667 bits per heavy atom. The van der Waals surface area contributed by atoms with E-state index in [1.807, 2.05) is 0 Å². The topological polar surface area (TPSA) is 163 Å². The summed E-state index contributed by atoms with van der Waals surface area (Å²) in [5.41, 5.74) is 0. The standard InChI is InChI=1S/C12H24N6O6/c1-22-4-7(19)13-10-16-11(14-8(20)5-23-2)18-12(17-10)15-9(21)6-24-3/h7-9,19-21H,4-6H2,1-3H3,(H3,13,14,15,16,17,18). The van der Waals surface area contributed by atoms with Gasteiger partial charge in [-0.05, 0) is 0 Å². The lowest BCUT2D eigenvalue weighted by Gasteiger charge is -2.17. The molecule has 0 bridgehead atoms. The van der Waals surface area contributed by atoms with Gasteiger partial charge in [-0.15, -0.1) is 0 Å². The van der Waals surface area contributed by atoms with E-state index in [1.165, 1.54) is 21.3 Å². The van der Waals surface area contributed by atoms with Crippen molar-refractivity contribution in [2.75, 3.05) is 57.1 Å². The highest BCUT2D eigenvalue weighted by atomic mass is 16.5. The van der Waals surface area contributed by atoms with Gasteiger partial charge in [0.1, 0.15) is 18.7 Å². The molecule has 24 heavy (non-hydrogen) atoms. The normalized spacial score (nSPS) is 14.8. The largest absolute Gasteiger partial charge is 0.380 e. The zero-order chi connectivity index (χ0) is 17.9. The molecule has 0 saturated heterocycles. The van der Waals surface area contributed by atoms with Crippen LogP contribution in [0.25, 0.3) is 0 Å². The van der Waals surface area contributed by atoms with Gasteiger partial charge in [-0.1, -0.05) is 0 Å². The molecule has 6 N–H and O–H groups in total. The first-order chi connectivity index (χ1) is 11.5. The van der Waals surface area contributed by atoms with Gasteiger partial charge in [-0.25, -0.2) is 0 Å². The van der Waals surface area contributed by atoms with Crippen molar-refractivity contribution in [2.24, 2.45) is 0 Å². The van der Waals surface area contributed by atoms with Gasteiger partial charge in [0, 0.05) is 21.3 Å². The van der Waals surface area contributed by atoms with Crippen molar-refractivity contribution < 1.29 is 29.5 Å². The van der Waals surface area contributed by atoms with Crippen LogP contribution >= 0.6 is 0 Å². The molecule has 0 spiro atoms. The molecule has 1 rings (SSSR count). The number of rotatable bonds is 12. The Kier molecular flexibility index (Phi) is 9.14. The van der Waals surface area contributed by atoms with Gasteiger partial charge in [0.25, 0.3) is 0 Å². The van der Waals surface area contributed by atoms with Gasteiger partial charge >= 0.3 is 0 Å². The number of nitrogens with zero attached hydrogens (tertiary/aromatic N) is 3. The van der Waals surface area contributed by atoms with E-state index < -0.39 is 18.7 Å². The average Bonchev–Trinajstić information content (AvgIpc) is 2.47. The summed E-state index contributed by atoms with van der Waals surface area (Å²) in [5, 5.41) is 36.9. The lowest BCUT2D eigenvalue weighted by atomic mass is 10.5. The molecule has 1 aromatic rings. The average molecular weight is 348 g/mol. The Hall–Kier alpha value is -1.83. The van der Waals surface area contributed by atoms with Gasteiger partial charge in [-0.2, -0.15) is 15.0 Å². The SMILES string of the molecule is COCC(O)Nc1nc(NC(O)COC)nc(NC(O)COC)n1. The Morgan fingerprint density at radius 2 is 0.917 bits per heavy atom. The Morgan fingerprint density at radius 3 is 1.12 bits per heavy atom. The first-order valence-corrected chi connectivity index (χ1v) is 7.05. The minimum atomic E-state index is -1.05. The lowest BCUT2D eigenvalue weighted by molar-refractivity contribution is 0.0801. The van der Waals surface area contributed by atoms with Crippen molar-refractivity contribution in [3.05, 3.63) is 0 Å². The maximum atomic E-state index is 9.70. The molecule has 1 heterocycles. The molecule has 12 heteroatoms. The zero-order valence-corrected chi connectivity index (χ0v) is 13.8. The molecule has 3 unspecified atom stereocenters. The van der Waals surface area contributed by atoms with Gasteiger partial charge in [-0.3, -0.25) is 0 Å². The molecule has 3 atom stereocenters. The molecule has 138 valence electrons. The second-order valence-electron chi connectivity index (χ2n) is 4.65. The third-order valence-corrected chi connectivity index (χ3v) is 2.50. The summed E-state index contributed by atoms with van der Waals surface area (Å²) in [7, 11) is 4.29. The number of nitrogens with one attached hydrogen (secondary N) is 3. The van der Waals surface area contributed by atoms with E-state index in [1.54, 1.807) is 0 Å². The summed E-state index contributed by atoms with van der Waals surface area (Å²) in [6.07, 6.45) is -3.15. The minimum absolute atomic E-state index is 0.00813. The number of aliphatic hydroxyl groups is 3. The Labute approximate surface area is 139 Å². The minimum Gasteiger partial charge on any atom is -0.380 e. The number of ether oxygens (including phenoxy) is 3. The number of aliphatic hydroxyl groups excluding tert-OH is 3. The van der Waals surface area contributed by atoms with Gasteiger partial charge in [0.15, 0.2) is 0 Å². The van der Waals surface area contributed by atoms with E-state index in [9.17, 15) is 15.3 Å². The molecule has 0 aliphatic heterocycles. The van der Waals surface area contributed by atoms with Gasteiger partial charge in [0.2, 0.25) is 17.8 Å². The fourth-order valence-corrected chi connectivity index (χ4v) is 1.62. The maximum absolute atomic E-state index is 9.70. The second kappa shape index (κ2) is 10.9. The first-order valence-electron chi connectivity index (χ1n) is 7.05. The summed E-state index contributed by atoms with van der Waals surface area (Å²) in [6, 6.07) is 0. The van der Waals surface area contributed by atoms with Gasteiger partial charge < -0.3 is 45.5 Å². The molecule has 0 amide bonds. The predicted octanol–water partition coefficient (Wildman–Crippen LogP) is -2.00. The molecule has 1 aromatic heterocycles. The third kappa shape index (κ3) is 7.63. The van der Waals surface area contributed by atoms with Crippen LogP contribution in [0.1, 0.15) is 0 Å². The van der Waals surface area contributed by atoms with Crippen molar-refractivity contribution >= 4 is 17.8 Å². The lowest BCUT2D eigenvalue weighted by Crippen LogP contribution is -2.30. The van der Waals surface area contributed by atoms with Crippen LogP contribution in [0.4, 0.5) is 17.8 Å². The number of aromatic nitrogens is 3. The predicted molar refractivity (Wildman–Crippen MR) is 84.3 cm³/mol. The molecule has 0 fully saturated rings. The van der Waals surface area contributed by atoms with Crippen LogP contribution in [-0.2, 0) is 14.2 Å². The number of hydrogen-bond acceptors (Lipinski definition) is 12. The quantitative estimate of drug-likeness (QED) is 0.231. The van der Waals surface area contributed by atoms with Crippen LogP contribution in [-0.4, -0.2) is 90.1 Å². The van der Waals surface area contributed by atoms with Gasteiger partial charge in [0.05, 0.1) is 19.8 Å². The molecule has 0 saturated carbocycles. The smallest absolute Gasteiger partial charge is 0.231 e. The van der Waals surface area contributed by atoms with Crippen LogP contribution in [0, 0.1) is 0 Å². The van der Waals surface area contributed by atoms with Crippen LogP contribution in [0.15, 0.2) is 0 Å². The fourth-order valence-electron chi connectivity index (χ4n) is 1.62. The highest BCUT2D eigenvalue weighted by molar-refractivity contribution is 5.42. The Balaban J connectivity index is 2.91. The van der Waals surface area contributed by atoms with Crippen molar-refractivity contribution in [1.29, 1.82) is 0 Å². The zero-order valence-electron chi connectivity index (χ0n) is 13.8. The summed E-state index contributed by atoms with van der Waals surface area (Å²) in [4.78, 5) is 12.0. The van der Waals surface area contributed by atoms with Crippen molar-refractivity contribution in [2.45, 2.75) is 18.7 Å². The van der Waals surface area contributed by atoms with Crippen LogP contribution in [0.3, 0.4) is 0 Å². The molecular weight excluding hydrogens is 324 g/mol. The van der Waals surface area contributed by atoms with E-state index in [0.29, 0.717) is 0 Å². The number of anilines is 3. The molecule has 0 aliphatic carbocycles. The number of methoxy groups -OCH3 is 3. The fraction of sp³-hybridized carbons (Fsp3) is 0.750. The highest BCUT2D eigenvalue weighted by Gasteiger charge is 2.14. The summed E-state index contributed by atoms with van der Waals surface area (Å²) in [5.74, 6) is 0.0244. The second-order valence-corrected chi connectivity index (χ2v) is 4.65. The molecule has 0 aromatic carbocycles. The summed E-state index contributed by atoms with van der Waals surface area (Å²) in [6.45, 7) is 0.0292. The Bertz CT molecular complexity index is 402. The molecule has 0 radical (unpaired) electrons. The summed E-state index contributed by atoms with van der Waals surface area (Å²) < 4.78 is 14.4. The monoisotopic (exact) mass is 348 g/mol. The van der Waals surface area contributed by atoms with E-state index in [4.69, 9.17) is 14.2 Å². The van der Waals surface area contributed by atoms with E-state index in [0.717, 1.165) is 0 Å². The number of hydrogen-bond donors (Lipinski definition) is 6. The molecular formula is C12H24N6O6. The summed E-state index contributed by atoms with van der Waals surface area (Å²) >= 11 is 0. The van der Waals surface area contributed by atoms with E-state index >= 15 is 0 Å². The van der Waals surface area contributed by atoms with Crippen molar-refractivity contribution in [1.82, 2.24) is 15.0 Å². The highest BCUT2D eigenvalue weighted by Crippen LogP contribution is 2.11. The van der Waals surface area contributed by atoms with E-state index in [2.05, 4.69) is 30.9 Å². The van der Waals surface area contributed by atoms with Crippen molar-refractivity contribution in [3.8, 4) is 0 Å². The molecule has 12 nitrogen and oxygen atoms in total.